The van der Waals surface area contributed by atoms with E-state index in [-0.39, 0.29) is 12.6 Å². The molecule has 3 aromatic rings. The van der Waals surface area contributed by atoms with Crippen LogP contribution in [0.5, 0.6) is 5.75 Å². The fraction of sp³-hybridized carbons (Fsp3) is 0.286. The summed E-state index contributed by atoms with van der Waals surface area (Å²) in [4.78, 5) is 19.4. The maximum atomic E-state index is 12.3. The molecule has 2 amide bonds. The van der Waals surface area contributed by atoms with Gasteiger partial charge in [-0.15, -0.1) is 11.8 Å². The molecule has 0 aliphatic heterocycles. The van der Waals surface area contributed by atoms with Gasteiger partial charge in [0.2, 0.25) is 0 Å². The molecule has 0 bridgehead atoms. The molecule has 0 saturated heterocycles. The van der Waals surface area contributed by atoms with Crippen molar-refractivity contribution in [1.82, 2.24) is 15.0 Å². The smallest absolute Gasteiger partial charge is 0.321 e. The van der Waals surface area contributed by atoms with Gasteiger partial charge in [0.05, 0.1) is 0 Å². The summed E-state index contributed by atoms with van der Waals surface area (Å²) < 4.78 is 10.9. The van der Waals surface area contributed by atoms with Crippen molar-refractivity contribution in [3.63, 3.8) is 0 Å². The molecule has 1 N–H and O–H groups in total. The second-order valence-electron chi connectivity index (χ2n) is 6.54. The van der Waals surface area contributed by atoms with E-state index in [4.69, 9.17) is 9.26 Å². The number of nitrogens with zero attached hydrogens (tertiary/aromatic N) is 3. The maximum absolute atomic E-state index is 12.3. The van der Waals surface area contributed by atoms with Crippen LogP contribution < -0.4 is 10.1 Å². The molecule has 2 aromatic carbocycles. The second-order valence-corrected chi connectivity index (χ2v) is 7.42. The summed E-state index contributed by atoms with van der Waals surface area (Å²) in [5.41, 5.74) is 1.89. The highest BCUT2D eigenvalue weighted by molar-refractivity contribution is 7.98. The zero-order chi connectivity index (χ0) is 20.6. The van der Waals surface area contributed by atoms with Crippen LogP contribution in [0.25, 0.3) is 0 Å². The Hall–Kier alpha value is -3.00. The number of carbonyl (C=O) groups excluding carboxylic acids is 1. The normalized spacial score (nSPS) is 10.6. The molecular formula is C21H24N4O3S. The fourth-order valence-corrected chi connectivity index (χ4v) is 3.05. The molecule has 0 aliphatic carbocycles. The standard InChI is InChI=1S/C21H24N4O3S/c1-15-6-4-8-17(12-15)27-14-20-23-19(24-28-20)10-11-25(2)21(26)22-16-7-5-9-18(13-16)29-3/h4-9,12-13H,10-11,14H2,1-3H3,(H,22,26). The third-order valence-electron chi connectivity index (χ3n) is 4.20. The lowest BCUT2D eigenvalue weighted by Gasteiger charge is -2.17. The molecule has 0 atom stereocenters. The Kier molecular flexibility index (Phi) is 7.13. The number of aryl methyl sites for hydroxylation is 1. The van der Waals surface area contributed by atoms with E-state index in [9.17, 15) is 4.79 Å². The highest BCUT2D eigenvalue weighted by Gasteiger charge is 2.12. The van der Waals surface area contributed by atoms with Crippen LogP contribution in [0.2, 0.25) is 0 Å². The third kappa shape index (κ3) is 6.25. The van der Waals surface area contributed by atoms with Gasteiger partial charge < -0.3 is 19.5 Å². The van der Waals surface area contributed by atoms with Crippen molar-refractivity contribution < 1.29 is 14.1 Å². The summed E-state index contributed by atoms with van der Waals surface area (Å²) in [5, 5.41) is 6.85. The number of hydrogen-bond donors (Lipinski definition) is 1. The quantitative estimate of drug-likeness (QED) is 0.553. The van der Waals surface area contributed by atoms with Gasteiger partial charge in [0.15, 0.2) is 12.4 Å². The molecule has 0 saturated carbocycles. The lowest BCUT2D eigenvalue weighted by atomic mass is 10.2. The molecule has 152 valence electrons. The van der Waals surface area contributed by atoms with Crippen LogP contribution in [0.1, 0.15) is 17.3 Å². The van der Waals surface area contributed by atoms with Crippen LogP contribution in [0.15, 0.2) is 57.9 Å². The summed E-state index contributed by atoms with van der Waals surface area (Å²) in [6.45, 7) is 2.67. The monoisotopic (exact) mass is 412 g/mol. The number of amides is 2. The van der Waals surface area contributed by atoms with E-state index in [1.807, 2.05) is 61.7 Å². The summed E-state index contributed by atoms with van der Waals surface area (Å²) in [6.07, 6.45) is 2.49. The minimum absolute atomic E-state index is 0.185. The lowest BCUT2D eigenvalue weighted by Crippen LogP contribution is -2.33. The van der Waals surface area contributed by atoms with Crippen LogP contribution in [0.4, 0.5) is 10.5 Å². The van der Waals surface area contributed by atoms with Crippen LogP contribution >= 0.6 is 11.8 Å². The van der Waals surface area contributed by atoms with Gasteiger partial charge in [-0.1, -0.05) is 23.4 Å². The molecule has 0 unspecified atom stereocenters. The number of ether oxygens (including phenoxy) is 1. The molecule has 3 rings (SSSR count). The number of anilines is 1. The molecule has 1 aromatic heterocycles. The van der Waals surface area contributed by atoms with Gasteiger partial charge in [-0.05, 0) is 49.1 Å². The van der Waals surface area contributed by atoms with E-state index in [1.54, 1.807) is 23.7 Å². The van der Waals surface area contributed by atoms with Crippen LogP contribution in [-0.4, -0.2) is 40.9 Å². The Balaban J connectivity index is 1.46. The summed E-state index contributed by atoms with van der Waals surface area (Å²) >= 11 is 1.63. The van der Waals surface area contributed by atoms with Gasteiger partial charge in [0.1, 0.15) is 5.75 Å². The van der Waals surface area contributed by atoms with Gasteiger partial charge in [-0.3, -0.25) is 0 Å². The van der Waals surface area contributed by atoms with Crippen LogP contribution in [-0.2, 0) is 13.0 Å². The zero-order valence-electron chi connectivity index (χ0n) is 16.7. The van der Waals surface area contributed by atoms with E-state index in [2.05, 4.69) is 15.5 Å². The van der Waals surface area contributed by atoms with Crippen LogP contribution in [0.3, 0.4) is 0 Å². The third-order valence-corrected chi connectivity index (χ3v) is 4.93. The molecule has 29 heavy (non-hydrogen) atoms. The van der Waals surface area contributed by atoms with E-state index in [0.717, 1.165) is 21.9 Å². The summed E-state index contributed by atoms with van der Waals surface area (Å²) in [6, 6.07) is 15.3. The van der Waals surface area contributed by atoms with Crippen molar-refractivity contribution in [2.45, 2.75) is 24.8 Å². The number of aromatic nitrogens is 2. The lowest BCUT2D eigenvalue weighted by molar-refractivity contribution is 0.222. The Labute approximate surface area is 174 Å². The van der Waals surface area contributed by atoms with Crippen molar-refractivity contribution in [3.05, 3.63) is 65.8 Å². The maximum Gasteiger partial charge on any atom is 0.321 e. The van der Waals surface area contributed by atoms with Crippen molar-refractivity contribution in [2.24, 2.45) is 0 Å². The van der Waals surface area contributed by atoms with Gasteiger partial charge in [0, 0.05) is 30.6 Å². The average Bonchev–Trinajstić information content (AvgIpc) is 3.18. The second kappa shape index (κ2) is 9.97. The number of hydrogen-bond acceptors (Lipinski definition) is 6. The SMILES string of the molecule is CSc1cccc(NC(=O)N(C)CCc2noc(COc3cccc(C)c3)n2)c1. The first-order chi connectivity index (χ1) is 14.0. The van der Waals surface area contributed by atoms with E-state index in [0.29, 0.717) is 24.7 Å². The van der Waals surface area contributed by atoms with Gasteiger partial charge in [0.25, 0.3) is 5.89 Å². The molecule has 0 aliphatic rings. The van der Waals surface area contributed by atoms with Crippen molar-refractivity contribution in [3.8, 4) is 5.75 Å². The Morgan fingerprint density at radius 1 is 1.24 bits per heavy atom. The van der Waals surface area contributed by atoms with E-state index >= 15 is 0 Å². The molecule has 0 radical (unpaired) electrons. The van der Waals surface area contributed by atoms with Gasteiger partial charge >= 0.3 is 6.03 Å². The number of likely N-dealkylation sites (N-methyl/N-ethyl adjacent to an activating group) is 1. The van der Waals surface area contributed by atoms with Gasteiger partial charge in [-0.25, -0.2) is 4.79 Å². The summed E-state index contributed by atoms with van der Waals surface area (Å²) in [5.74, 6) is 1.70. The number of carbonyl (C=O) groups is 1. The predicted molar refractivity (Wildman–Crippen MR) is 113 cm³/mol. The first-order valence-electron chi connectivity index (χ1n) is 9.20. The molecule has 0 fully saturated rings. The first kappa shape index (κ1) is 20.7. The molecule has 7 nitrogen and oxygen atoms in total. The molecule has 1 heterocycles. The average molecular weight is 413 g/mol. The predicted octanol–water partition coefficient (Wildman–Crippen LogP) is 4.39. The highest BCUT2D eigenvalue weighted by atomic mass is 32.2. The minimum Gasteiger partial charge on any atom is -0.484 e. The molecule has 8 heteroatoms. The van der Waals surface area contributed by atoms with Crippen molar-refractivity contribution >= 4 is 23.5 Å². The minimum atomic E-state index is -0.185. The van der Waals surface area contributed by atoms with Crippen LogP contribution in [0, 0.1) is 6.92 Å². The van der Waals surface area contributed by atoms with Crippen molar-refractivity contribution in [1.29, 1.82) is 0 Å². The Morgan fingerprint density at radius 2 is 2.07 bits per heavy atom. The highest BCUT2D eigenvalue weighted by Crippen LogP contribution is 2.19. The van der Waals surface area contributed by atoms with E-state index in [1.165, 1.54) is 0 Å². The summed E-state index contributed by atoms with van der Waals surface area (Å²) in [7, 11) is 1.73. The number of rotatable bonds is 8. The first-order valence-corrected chi connectivity index (χ1v) is 10.4. The van der Waals surface area contributed by atoms with Crippen molar-refractivity contribution in [2.75, 3.05) is 25.2 Å². The fourth-order valence-electron chi connectivity index (χ4n) is 2.59. The zero-order valence-corrected chi connectivity index (χ0v) is 17.5. The Bertz CT molecular complexity index is 960. The van der Waals surface area contributed by atoms with Gasteiger partial charge in [-0.2, -0.15) is 4.98 Å². The number of benzene rings is 2. The largest absolute Gasteiger partial charge is 0.484 e. The Morgan fingerprint density at radius 3 is 2.86 bits per heavy atom. The molecular weight excluding hydrogens is 388 g/mol. The van der Waals surface area contributed by atoms with E-state index < -0.39 is 0 Å². The molecule has 0 spiro atoms. The number of nitrogens with one attached hydrogen (secondary N) is 1. The number of urea groups is 1. The topological polar surface area (TPSA) is 80.5 Å². The number of thioether (sulfide) groups is 1.